The van der Waals surface area contributed by atoms with E-state index in [1.807, 2.05) is 20.8 Å². The average molecular weight is 734 g/mol. The Hall–Kier alpha value is -1.98. The highest BCUT2D eigenvalue weighted by molar-refractivity contribution is 7.55. The molecule has 0 spiro atoms. The fraction of sp³-hybridized carbons (Fsp3) is 0.806. The van der Waals surface area contributed by atoms with Crippen molar-refractivity contribution in [1.82, 2.24) is 19.7 Å². The second kappa shape index (κ2) is 14.9. The van der Waals surface area contributed by atoms with Gasteiger partial charge in [0.05, 0.1) is 44.6 Å². The molecule has 1 amide bonds. The first-order valence-electron chi connectivity index (χ1n) is 16.7. The van der Waals surface area contributed by atoms with Crippen molar-refractivity contribution in [1.29, 1.82) is 0 Å². The van der Waals surface area contributed by atoms with E-state index in [4.69, 9.17) is 49.1 Å². The molecule has 276 valence electrons. The van der Waals surface area contributed by atoms with Gasteiger partial charge in [0.2, 0.25) is 10.6 Å². The van der Waals surface area contributed by atoms with Crippen molar-refractivity contribution in [2.24, 2.45) is 0 Å². The van der Waals surface area contributed by atoms with E-state index in [0.717, 1.165) is 25.7 Å². The topological polar surface area (TPSA) is 175 Å². The third-order valence-corrected chi connectivity index (χ3v) is 11.3. The Morgan fingerprint density at radius 2 is 1.80 bits per heavy atom. The van der Waals surface area contributed by atoms with Crippen LogP contribution in [0.25, 0.3) is 11.0 Å². The summed E-state index contributed by atoms with van der Waals surface area (Å²) in [5.74, 6) is -0.713. The van der Waals surface area contributed by atoms with E-state index in [0.29, 0.717) is 11.0 Å². The van der Waals surface area contributed by atoms with Crippen molar-refractivity contribution < 1.29 is 51.9 Å². The van der Waals surface area contributed by atoms with Crippen LogP contribution in [0.3, 0.4) is 0 Å². The van der Waals surface area contributed by atoms with Crippen molar-refractivity contribution >= 4 is 42.1 Å². The molecule has 4 heterocycles. The lowest BCUT2D eigenvalue weighted by atomic mass is 10.1. The van der Waals surface area contributed by atoms with Gasteiger partial charge in [0, 0.05) is 13.2 Å². The number of hydrogen-bond acceptors (Lipinski definition) is 14. The van der Waals surface area contributed by atoms with Crippen LogP contribution in [0.1, 0.15) is 80.4 Å². The molecular formula is C31H49ClN5O11P. The smallest absolute Gasteiger partial charge is 0.416 e. The van der Waals surface area contributed by atoms with Crippen LogP contribution < -0.4 is 4.90 Å². The minimum absolute atomic E-state index is 0.0504. The van der Waals surface area contributed by atoms with Crippen LogP contribution in [-0.2, 0) is 42.0 Å². The molecule has 0 aromatic carbocycles. The molecular weight excluding hydrogens is 685 g/mol. The van der Waals surface area contributed by atoms with Crippen LogP contribution in [0.2, 0.25) is 5.28 Å². The highest BCUT2D eigenvalue weighted by atomic mass is 35.5. The van der Waals surface area contributed by atoms with E-state index in [2.05, 4.69) is 15.1 Å². The van der Waals surface area contributed by atoms with E-state index in [1.165, 1.54) is 11.8 Å². The van der Waals surface area contributed by atoms with Gasteiger partial charge in [-0.1, -0.05) is 12.8 Å². The molecule has 1 unspecified atom stereocenters. The Labute approximate surface area is 291 Å². The van der Waals surface area contributed by atoms with Crippen LogP contribution >= 0.6 is 19.2 Å². The Morgan fingerprint density at radius 1 is 1.14 bits per heavy atom. The number of anilines is 1. The molecule has 2 saturated heterocycles. The predicted molar refractivity (Wildman–Crippen MR) is 178 cm³/mol. The van der Waals surface area contributed by atoms with Crippen molar-refractivity contribution in [3.8, 4) is 0 Å². The molecule has 16 nitrogen and oxygen atoms in total. The second-order valence-electron chi connectivity index (χ2n) is 13.7. The first-order valence-corrected chi connectivity index (χ1v) is 18.6. The van der Waals surface area contributed by atoms with Gasteiger partial charge in [-0.25, -0.2) is 9.48 Å². The minimum atomic E-state index is -4.05. The molecule has 5 atom stereocenters. The van der Waals surface area contributed by atoms with Gasteiger partial charge in [0.1, 0.15) is 23.9 Å². The second-order valence-corrected chi connectivity index (χ2v) is 16.4. The van der Waals surface area contributed by atoms with Crippen molar-refractivity contribution in [3.63, 3.8) is 0 Å². The lowest BCUT2D eigenvalue weighted by molar-refractivity contribution is -0.208. The fourth-order valence-electron chi connectivity index (χ4n) is 6.58. The summed E-state index contributed by atoms with van der Waals surface area (Å²) in [6, 6.07) is -0.142. The zero-order valence-corrected chi connectivity index (χ0v) is 31.1. The lowest BCUT2D eigenvalue weighted by Gasteiger charge is -2.37. The highest BCUT2D eigenvalue weighted by Crippen LogP contribution is 2.61. The summed E-state index contributed by atoms with van der Waals surface area (Å²) in [4.78, 5) is 24.2. The maximum absolute atomic E-state index is 13.9. The normalized spacial score (nSPS) is 25.5. The van der Waals surface area contributed by atoms with Crippen LogP contribution in [-0.4, -0.2) is 112 Å². The zero-order valence-electron chi connectivity index (χ0n) is 29.4. The molecule has 1 aliphatic carbocycles. The number of nitrogens with zero attached hydrogens (tertiary/aromatic N) is 5. The quantitative estimate of drug-likeness (QED) is 0.198. The van der Waals surface area contributed by atoms with E-state index < -0.39 is 61.6 Å². The summed E-state index contributed by atoms with van der Waals surface area (Å²) in [7, 11) is -2.66. The summed E-state index contributed by atoms with van der Waals surface area (Å²) in [5.41, 5.74) is -0.429. The number of rotatable bonds is 14. The molecule has 49 heavy (non-hydrogen) atoms. The number of aliphatic hydroxyl groups excluding tert-OH is 1. The van der Waals surface area contributed by atoms with E-state index in [1.54, 1.807) is 38.8 Å². The number of carbonyl (C=O) groups excluding carboxylic acids is 1. The Bertz CT molecular complexity index is 1510. The highest BCUT2D eigenvalue weighted by Gasteiger charge is 2.59. The predicted octanol–water partition coefficient (Wildman–Crippen LogP) is 5.20. The number of aliphatic hydroxyl groups is 1. The molecule has 3 aliphatic rings. The van der Waals surface area contributed by atoms with Crippen molar-refractivity contribution in [3.05, 3.63) is 11.5 Å². The van der Waals surface area contributed by atoms with E-state index >= 15 is 0 Å². The largest absolute Gasteiger partial charge is 0.443 e. The summed E-state index contributed by atoms with van der Waals surface area (Å²) in [6.45, 7) is 11.2. The molecule has 18 heteroatoms. The summed E-state index contributed by atoms with van der Waals surface area (Å²) in [5, 5.41) is 13.7. The third-order valence-electron chi connectivity index (χ3n) is 8.51. The van der Waals surface area contributed by atoms with Crippen molar-refractivity contribution in [2.45, 2.75) is 121 Å². The van der Waals surface area contributed by atoms with Gasteiger partial charge in [-0.15, -0.1) is 0 Å². The van der Waals surface area contributed by atoms with Gasteiger partial charge in [-0.2, -0.15) is 15.1 Å². The summed E-state index contributed by atoms with van der Waals surface area (Å²) >= 11 is 6.53. The molecule has 2 aliphatic heterocycles. The standard InChI is InChI=1S/C31H49ClN5O11P/c1-9-43-49(40,44-10-2)31(17-38,18-41-8)42-16-21-22-23(47-30(6,7)46-22)26(45-21)37-25-20(15-33-37)24(34-27(32)35-25)36(19-13-11-12-14-19)28(39)48-29(3,4)5/h15,19,21-23,26,38H,9-14,16-18H2,1-8H3/t21-,22-,23-,26-,31?/m1/s1. The molecule has 0 radical (unpaired) electrons. The van der Waals surface area contributed by atoms with Crippen LogP contribution in [0, 0.1) is 0 Å². The van der Waals surface area contributed by atoms with Crippen LogP contribution in [0.15, 0.2) is 6.20 Å². The molecule has 1 saturated carbocycles. The van der Waals surface area contributed by atoms with Gasteiger partial charge in [0.15, 0.2) is 23.5 Å². The van der Waals surface area contributed by atoms with Gasteiger partial charge < -0.3 is 42.6 Å². The number of amides is 1. The van der Waals surface area contributed by atoms with E-state index in [-0.39, 0.29) is 43.6 Å². The molecule has 3 fully saturated rings. The van der Waals surface area contributed by atoms with Gasteiger partial charge in [0.25, 0.3) is 0 Å². The van der Waals surface area contributed by atoms with Gasteiger partial charge in [-0.3, -0.25) is 9.46 Å². The van der Waals surface area contributed by atoms with Gasteiger partial charge >= 0.3 is 13.7 Å². The molecule has 5 rings (SSSR count). The monoisotopic (exact) mass is 733 g/mol. The molecule has 0 bridgehead atoms. The SMILES string of the molecule is CCOP(=O)(OCC)C(CO)(COC)OC[C@H]1O[C@@H](n2ncc3c(N(C(=O)OC(C)(C)C)C4CCCC4)nc(Cl)nc32)[C@@H]2OC(C)(C)O[C@@H]21. The maximum Gasteiger partial charge on any atom is 0.416 e. The number of ether oxygens (including phenoxy) is 6. The number of carbonyl (C=O) groups is 1. The Morgan fingerprint density at radius 3 is 2.39 bits per heavy atom. The third kappa shape index (κ3) is 7.79. The molecule has 2 aromatic rings. The van der Waals surface area contributed by atoms with Crippen molar-refractivity contribution in [2.75, 3.05) is 45.0 Å². The number of methoxy groups -OCH3 is 1. The molecule has 1 N–H and O–H groups in total. The summed E-state index contributed by atoms with van der Waals surface area (Å²) in [6.07, 6.45) is 1.46. The zero-order chi connectivity index (χ0) is 35.8. The number of fused-ring (bicyclic) bond motifs is 2. The fourth-order valence-corrected chi connectivity index (χ4v) is 8.66. The average Bonchev–Trinajstić information content (AvgIpc) is 3.79. The first-order chi connectivity index (χ1) is 23.1. The van der Waals surface area contributed by atoms with Crippen LogP contribution in [0.4, 0.5) is 10.6 Å². The Kier molecular flexibility index (Phi) is 11.7. The minimum Gasteiger partial charge on any atom is -0.443 e. The summed E-state index contributed by atoms with van der Waals surface area (Å²) < 4.78 is 63.0. The number of hydrogen-bond donors (Lipinski definition) is 1. The number of aromatic nitrogens is 4. The number of halogens is 1. The maximum atomic E-state index is 13.9. The lowest BCUT2D eigenvalue weighted by Crippen LogP contribution is -2.46. The van der Waals surface area contributed by atoms with Gasteiger partial charge in [-0.05, 0) is 72.9 Å². The first kappa shape index (κ1) is 38.3. The van der Waals surface area contributed by atoms with Crippen LogP contribution in [0.5, 0.6) is 0 Å². The molecule has 2 aromatic heterocycles. The Balaban J connectivity index is 1.50. The van der Waals surface area contributed by atoms with E-state index in [9.17, 15) is 14.5 Å².